The number of rotatable bonds is 8. The lowest BCUT2D eigenvalue weighted by atomic mass is 9.86. The number of piperidine rings is 1. The van der Waals surface area contributed by atoms with Crippen LogP contribution in [-0.2, 0) is 4.79 Å². The highest BCUT2D eigenvalue weighted by atomic mass is 19.3. The molecule has 3 fully saturated rings. The van der Waals surface area contributed by atoms with Crippen molar-refractivity contribution in [1.29, 1.82) is 0 Å². The van der Waals surface area contributed by atoms with Crippen LogP contribution in [-0.4, -0.2) is 50.1 Å². The molecule has 0 radical (unpaired) electrons. The summed E-state index contributed by atoms with van der Waals surface area (Å²) in [6, 6.07) is 4.95. The Balaban J connectivity index is 1.45. The summed E-state index contributed by atoms with van der Waals surface area (Å²) in [4.78, 5) is 15.4. The maximum absolute atomic E-state index is 15.1. The molecule has 3 aliphatic rings. The molecule has 2 saturated heterocycles. The number of carbonyl (C=O) groups is 1. The first-order chi connectivity index (χ1) is 23.9. The lowest BCUT2D eigenvalue weighted by molar-refractivity contribution is -0.130. The molecule has 3 unspecified atom stereocenters. The lowest BCUT2D eigenvalue weighted by Gasteiger charge is -2.40. The van der Waals surface area contributed by atoms with Crippen molar-refractivity contribution in [3.63, 3.8) is 0 Å². The van der Waals surface area contributed by atoms with Gasteiger partial charge in [-0.3, -0.25) is 9.69 Å². The molecule has 6 nitrogen and oxygen atoms in total. The van der Waals surface area contributed by atoms with Gasteiger partial charge < -0.3 is 9.88 Å². The lowest BCUT2D eigenvalue weighted by Crippen LogP contribution is -2.45. The average molecular weight is 530 g/mol. The van der Waals surface area contributed by atoms with Crippen molar-refractivity contribution in [2.24, 2.45) is 5.92 Å². The van der Waals surface area contributed by atoms with Crippen LogP contribution in [0, 0.1) is 12.8 Å². The molecule has 1 aliphatic carbocycles. The summed E-state index contributed by atoms with van der Waals surface area (Å²) in [7, 11) is 0. The van der Waals surface area contributed by atoms with Gasteiger partial charge in [-0.25, -0.2) is 8.78 Å². The molecule has 202 valence electrons. The molecule has 3 atom stereocenters. The number of nitrogens with one attached hydrogen (secondary N) is 1. The standard InChI is InChI=1S/C29H41F2N5O/c1-19(2)27-34-33-20(3)36(27)25-17-23-9-10-24(18-25)35(23)16-13-26(21-7-5-4-6-8-21)32-28(37)22-11-14-29(30,31)15-12-22/h4-8,19,22-26H,9-18H2,1-3H3,(H,32,37)/i1D3,2D3,11D2,12D2,14D2,15D2,16D2. The van der Waals surface area contributed by atoms with E-state index in [0.717, 1.165) is 0 Å². The monoisotopic (exact) mass is 529 g/mol. The van der Waals surface area contributed by atoms with Gasteiger partial charge in [0.15, 0.2) is 0 Å². The van der Waals surface area contributed by atoms with Crippen LogP contribution in [0.25, 0.3) is 0 Å². The number of aromatic nitrogens is 3. The van der Waals surface area contributed by atoms with Crippen molar-refractivity contribution < 1.29 is 35.5 Å². The van der Waals surface area contributed by atoms with Gasteiger partial charge in [0.1, 0.15) is 11.6 Å². The first-order valence-corrected chi connectivity index (χ1v) is 12.4. The highest BCUT2D eigenvalue weighted by Crippen LogP contribution is 2.42. The second kappa shape index (κ2) is 10.8. The number of nitrogens with zero attached hydrogens (tertiary/aromatic N) is 4. The van der Waals surface area contributed by atoms with E-state index in [1.54, 1.807) is 30.0 Å². The second-order valence-electron chi connectivity index (χ2n) is 9.71. The van der Waals surface area contributed by atoms with E-state index < -0.39 is 99.9 Å². The number of amides is 1. The van der Waals surface area contributed by atoms with E-state index in [4.69, 9.17) is 19.2 Å². The third kappa shape index (κ3) is 5.74. The second-order valence-corrected chi connectivity index (χ2v) is 9.71. The van der Waals surface area contributed by atoms with Crippen molar-refractivity contribution >= 4 is 5.91 Å². The molecule has 37 heavy (non-hydrogen) atoms. The van der Waals surface area contributed by atoms with Crippen molar-refractivity contribution in [2.75, 3.05) is 6.50 Å². The van der Waals surface area contributed by atoms with Crippen molar-refractivity contribution in [2.45, 2.75) is 114 Å². The van der Waals surface area contributed by atoms with E-state index >= 15 is 8.78 Å². The number of hydrogen-bond acceptors (Lipinski definition) is 4. The predicted molar refractivity (Wildman–Crippen MR) is 139 cm³/mol. The van der Waals surface area contributed by atoms with Gasteiger partial charge in [-0.05, 0) is 57.3 Å². The highest BCUT2D eigenvalue weighted by molar-refractivity contribution is 5.79. The Morgan fingerprint density at radius 2 is 1.84 bits per heavy atom. The third-order valence-electron chi connectivity index (χ3n) is 7.23. The molecule has 1 aromatic heterocycles. The Bertz CT molecular complexity index is 1620. The van der Waals surface area contributed by atoms with Gasteiger partial charge in [0.05, 0.1) is 6.04 Å². The molecule has 8 heteroatoms. The first kappa shape index (κ1) is 13.1. The Morgan fingerprint density at radius 3 is 2.49 bits per heavy atom. The molecule has 1 saturated carbocycles. The van der Waals surface area contributed by atoms with Crippen LogP contribution < -0.4 is 5.32 Å². The van der Waals surface area contributed by atoms with Gasteiger partial charge in [-0.2, -0.15) is 0 Å². The van der Waals surface area contributed by atoms with Crippen molar-refractivity contribution in [1.82, 2.24) is 25.0 Å². The van der Waals surface area contributed by atoms with Crippen LogP contribution in [0.3, 0.4) is 0 Å². The smallest absolute Gasteiger partial charge is 0.248 e. The Hall–Kier alpha value is -2.35. The quantitative estimate of drug-likeness (QED) is 0.459. The number of fused-ring (bicyclic) bond motifs is 2. The summed E-state index contributed by atoms with van der Waals surface area (Å²) in [6.45, 7) is -6.54. The normalized spacial score (nSPS) is 39.8. The Morgan fingerprint density at radius 1 is 1.16 bits per heavy atom. The minimum absolute atomic E-state index is 0.218. The number of hydrogen-bond donors (Lipinski definition) is 1. The fourth-order valence-corrected chi connectivity index (χ4v) is 5.56. The van der Waals surface area contributed by atoms with Gasteiger partial charge in [0.25, 0.3) is 0 Å². The summed E-state index contributed by atoms with van der Waals surface area (Å²) < 4.78 is 162. The zero-order valence-electron chi connectivity index (χ0n) is 36.3. The molecule has 1 amide bonds. The zero-order chi connectivity index (χ0) is 40.1. The van der Waals surface area contributed by atoms with E-state index in [1.165, 1.54) is 16.7 Å². The zero-order valence-corrected chi connectivity index (χ0v) is 20.3. The largest absolute Gasteiger partial charge is 0.349 e. The SMILES string of the molecule is [2H]C([2H])([2H])C(c1nnc(C)n1C1CC2CCC(C1)N2C([2H])([2H])CC(NC(=O)C1C([2H])([2H])C([2H])([2H])C(F)(F)C([2H])([2H])C1([2H])[2H])c1ccccc1)C([2H])([2H])[2H]. The average Bonchev–Trinajstić information content (AvgIpc) is 3.50. The summed E-state index contributed by atoms with van der Waals surface area (Å²) in [6.07, 6.45) is -15.5. The minimum Gasteiger partial charge on any atom is -0.349 e. The maximum atomic E-state index is 15.1. The molecular weight excluding hydrogens is 472 g/mol. The summed E-state index contributed by atoms with van der Waals surface area (Å²) >= 11 is 0. The Labute approximate surface area is 241 Å². The number of alkyl halides is 2. The maximum Gasteiger partial charge on any atom is 0.248 e. The van der Waals surface area contributed by atoms with Crippen LogP contribution in [0.15, 0.2) is 30.3 Å². The molecule has 0 spiro atoms. The van der Waals surface area contributed by atoms with Gasteiger partial charge in [0.2, 0.25) is 11.8 Å². The molecule has 5 rings (SSSR count). The number of halogens is 2. The fourth-order valence-electron chi connectivity index (χ4n) is 5.56. The van der Waals surface area contributed by atoms with Gasteiger partial charge >= 0.3 is 0 Å². The van der Waals surface area contributed by atoms with E-state index in [1.807, 2.05) is 0 Å². The molecular formula is C29H41F2N5O. The molecule has 1 aromatic carbocycles. The topological polar surface area (TPSA) is 63.1 Å². The van der Waals surface area contributed by atoms with Gasteiger partial charge in [0, 0.05) is 71.1 Å². The van der Waals surface area contributed by atoms with E-state index in [-0.39, 0.29) is 24.2 Å². The van der Waals surface area contributed by atoms with E-state index in [0.29, 0.717) is 18.7 Å². The third-order valence-corrected chi connectivity index (χ3v) is 7.23. The van der Waals surface area contributed by atoms with Crippen LogP contribution in [0.1, 0.15) is 128 Å². The van der Waals surface area contributed by atoms with Crippen LogP contribution >= 0.6 is 0 Å². The predicted octanol–water partition coefficient (Wildman–Crippen LogP) is 5.95. The molecule has 2 bridgehead atoms. The fraction of sp³-hybridized carbons (Fsp3) is 0.690. The number of aryl methyl sites for hydroxylation is 1. The van der Waals surface area contributed by atoms with E-state index in [2.05, 4.69) is 15.5 Å². The minimum atomic E-state index is -5.18. The van der Waals surface area contributed by atoms with Gasteiger partial charge in [-0.15, -0.1) is 10.2 Å². The van der Waals surface area contributed by atoms with Crippen LogP contribution in [0.5, 0.6) is 0 Å². The molecule has 1 N–H and O–H groups in total. The summed E-state index contributed by atoms with van der Waals surface area (Å²) in [5.41, 5.74) is 0.269. The molecule has 2 aromatic rings. The van der Waals surface area contributed by atoms with Crippen molar-refractivity contribution in [3.8, 4) is 0 Å². The van der Waals surface area contributed by atoms with Crippen LogP contribution in [0.2, 0.25) is 0 Å². The van der Waals surface area contributed by atoms with Gasteiger partial charge in [-0.1, -0.05) is 44.0 Å². The Kier molecular flexibility index (Phi) is 3.83. The van der Waals surface area contributed by atoms with Crippen molar-refractivity contribution in [3.05, 3.63) is 47.5 Å². The first-order valence-electron chi connectivity index (χ1n) is 20.4. The van der Waals surface area contributed by atoms with Crippen LogP contribution in [0.4, 0.5) is 8.78 Å². The van der Waals surface area contributed by atoms with E-state index in [9.17, 15) is 7.54 Å². The number of carbonyl (C=O) groups excluding carboxylic acids is 1. The molecule has 3 heterocycles. The summed E-state index contributed by atoms with van der Waals surface area (Å²) in [5.74, 6) is -11.6. The number of benzene rings is 1. The molecule has 2 aliphatic heterocycles. The highest BCUT2D eigenvalue weighted by Gasteiger charge is 2.42. The summed E-state index contributed by atoms with van der Waals surface area (Å²) in [5, 5.41) is 10.3.